The largest absolute Gasteiger partial charge is 0.372 e. The molecule has 0 atom stereocenters. The second-order valence-corrected chi connectivity index (χ2v) is 9.26. The molecule has 0 aliphatic carbocycles. The third-order valence-electron chi connectivity index (χ3n) is 6.29. The number of allylic oxidation sites excluding steroid dienone is 5. The van der Waals surface area contributed by atoms with Gasteiger partial charge in [0.2, 0.25) is 0 Å². The van der Waals surface area contributed by atoms with Crippen LogP contribution in [0.25, 0.3) is 27.6 Å². The topological polar surface area (TPSA) is 32.0 Å². The van der Waals surface area contributed by atoms with Gasteiger partial charge in [-0.15, -0.1) is 12.6 Å². The molecule has 182 valence electrons. The number of fused-ring (bicyclic) bond motifs is 1. The highest BCUT2D eigenvalue weighted by Crippen LogP contribution is 2.34. The number of hydrogen-bond acceptors (Lipinski definition) is 3. The average molecular weight is 484 g/mol. The first-order chi connectivity index (χ1) is 17.0. The molecule has 4 heteroatoms. The second kappa shape index (κ2) is 12.5. The minimum Gasteiger partial charge on any atom is -0.372 e. The molecule has 3 nitrogen and oxygen atoms in total. The Labute approximate surface area is 216 Å². The molecule has 0 radical (unpaired) electrons. The molecule has 0 aliphatic rings. The van der Waals surface area contributed by atoms with Gasteiger partial charge in [-0.25, -0.2) is 0 Å². The SMILES string of the molecule is C\C=C(S)/C(=C(C#N)\C=C\CC)c1ccc(-c2ccc3cc(N(CCC)CCC)ccc3c2)n1C. The van der Waals surface area contributed by atoms with E-state index in [1.54, 1.807) is 0 Å². The van der Waals surface area contributed by atoms with Gasteiger partial charge in [0.05, 0.1) is 17.3 Å². The van der Waals surface area contributed by atoms with Crippen molar-refractivity contribution in [2.75, 3.05) is 18.0 Å². The van der Waals surface area contributed by atoms with Crippen molar-refractivity contribution < 1.29 is 0 Å². The van der Waals surface area contributed by atoms with Gasteiger partial charge >= 0.3 is 0 Å². The van der Waals surface area contributed by atoms with Crippen LogP contribution in [0.1, 0.15) is 52.7 Å². The van der Waals surface area contributed by atoms with Crippen LogP contribution in [-0.2, 0) is 7.05 Å². The zero-order chi connectivity index (χ0) is 25.4. The fourth-order valence-electron chi connectivity index (χ4n) is 4.51. The van der Waals surface area contributed by atoms with E-state index in [-0.39, 0.29) is 0 Å². The molecule has 0 bridgehead atoms. The number of aromatic nitrogens is 1. The number of anilines is 1. The van der Waals surface area contributed by atoms with Crippen molar-refractivity contribution in [1.82, 2.24) is 4.57 Å². The van der Waals surface area contributed by atoms with Gasteiger partial charge in [0.25, 0.3) is 0 Å². The lowest BCUT2D eigenvalue weighted by molar-refractivity contribution is 0.745. The molecule has 3 aromatic rings. The fraction of sp³-hybridized carbons (Fsp3) is 0.323. The van der Waals surface area contributed by atoms with E-state index in [0.29, 0.717) is 5.57 Å². The number of benzene rings is 2. The van der Waals surface area contributed by atoms with Crippen LogP contribution in [0.4, 0.5) is 5.69 Å². The highest BCUT2D eigenvalue weighted by atomic mass is 32.1. The van der Waals surface area contributed by atoms with Crippen molar-refractivity contribution >= 4 is 34.7 Å². The van der Waals surface area contributed by atoms with E-state index in [4.69, 9.17) is 12.6 Å². The summed E-state index contributed by atoms with van der Waals surface area (Å²) in [4.78, 5) is 3.27. The number of hydrogen-bond donors (Lipinski definition) is 1. The zero-order valence-corrected chi connectivity index (χ0v) is 22.6. The summed E-state index contributed by atoms with van der Waals surface area (Å²) >= 11 is 4.70. The van der Waals surface area contributed by atoms with E-state index in [2.05, 4.69) is 91.9 Å². The third-order valence-corrected chi connectivity index (χ3v) is 6.77. The average Bonchev–Trinajstić information content (AvgIpc) is 3.25. The third kappa shape index (κ3) is 5.92. The summed E-state index contributed by atoms with van der Waals surface area (Å²) in [5.74, 6) is 0. The number of rotatable bonds is 10. The quantitative estimate of drug-likeness (QED) is 0.178. The summed E-state index contributed by atoms with van der Waals surface area (Å²) < 4.78 is 2.16. The van der Waals surface area contributed by atoms with Gasteiger partial charge in [0.1, 0.15) is 0 Å². The van der Waals surface area contributed by atoms with E-state index in [0.717, 1.165) is 59.8 Å². The maximum absolute atomic E-state index is 9.86. The van der Waals surface area contributed by atoms with Crippen LogP contribution in [0.5, 0.6) is 0 Å². The predicted molar refractivity (Wildman–Crippen MR) is 156 cm³/mol. The fourth-order valence-corrected chi connectivity index (χ4v) is 4.75. The first kappa shape index (κ1) is 26.4. The van der Waals surface area contributed by atoms with Gasteiger partial charge in [-0.05, 0) is 78.9 Å². The van der Waals surface area contributed by atoms with Crippen molar-refractivity contribution in [3.63, 3.8) is 0 Å². The maximum Gasteiger partial charge on any atom is 0.0999 e. The van der Waals surface area contributed by atoms with Crippen molar-refractivity contribution in [2.24, 2.45) is 7.05 Å². The first-order valence-electron chi connectivity index (χ1n) is 12.6. The smallest absolute Gasteiger partial charge is 0.0999 e. The van der Waals surface area contributed by atoms with Crippen LogP contribution < -0.4 is 4.90 Å². The Hall–Kier alpha value is -3.16. The van der Waals surface area contributed by atoms with E-state index in [9.17, 15) is 5.26 Å². The van der Waals surface area contributed by atoms with Gasteiger partial charge in [-0.2, -0.15) is 5.26 Å². The molecule has 1 heterocycles. The number of nitrogens with zero attached hydrogens (tertiary/aromatic N) is 3. The second-order valence-electron chi connectivity index (χ2n) is 8.78. The molecule has 0 aliphatic heterocycles. The molecule has 0 amide bonds. The Morgan fingerprint density at radius 1 is 1.00 bits per heavy atom. The summed E-state index contributed by atoms with van der Waals surface area (Å²) in [5, 5.41) is 12.3. The minimum atomic E-state index is 0.623. The standard InChI is InChI=1S/C31H37N3S/c1-6-10-11-26(22-32)31(30(35)9-4)29-17-16-28(33(29)5)25-13-12-24-21-27(15-14-23(24)20-25)34(18-7-2)19-8-3/h9-17,20-21,35H,6-8,18-19H2,1-5H3/b11-10+,30-9+,31-26+. The van der Waals surface area contributed by atoms with Crippen LogP contribution in [0, 0.1) is 11.3 Å². The highest BCUT2D eigenvalue weighted by molar-refractivity contribution is 7.85. The molecule has 2 aromatic carbocycles. The van der Waals surface area contributed by atoms with Gasteiger partial charge in [0.15, 0.2) is 0 Å². The molecule has 0 saturated carbocycles. The van der Waals surface area contributed by atoms with Crippen LogP contribution >= 0.6 is 12.6 Å². The van der Waals surface area contributed by atoms with Crippen LogP contribution in [-0.4, -0.2) is 17.7 Å². The lowest BCUT2D eigenvalue weighted by atomic mass is 10.0. The minimum absolute atomic E-state index is 0.623. The molecule has 0 fully saturated rings. The van der Waals surface area contributed by atoms with E-state index >= 15 is 0 Å². The summed E-state index contributed by atoms with van der Waals surface area (Å²) in [5.41, 5.74) is 6.01. The summed E-state index contributed by atoms with van der Waals surface area (Å²) in [6, 6.07) is 20.0. The molecule has 0 unspecified atom stereocenters. The Morgan fingerprint density at radius 2 is 1.69 bits per heavy atom. The molecular formula is C31H37N3S. The highest BCUT2D eigenvalue weighted by Gasteiger charge is 2.16. The normalized spacial score (nSPS) is 12.8. The summed E-state index contributed by atoms with van der Waals surface area (Å²) in [6.45, 7) is 10.6. The Bertz CT molecular complexity index is 1290. The molecule has 1 aromatic heterocycles. The van der Waals surface area contributed by atoms with Crippen molar-refractivity contribution in [2.45, 2.75) is 47.0 Å². The number of thiol groups is 1. The van der Waals surface area contributed by atoms with Crippen molar-refractivity contribution in [3.05, 3.63) is 82.9 Å². The molecule has 35 heavy (non-hydrogen) atoms. The molecular weight excluding hydrogens is 446 g/mol. The van der Waals surface area contributed by atoms with Gasteiger partial charge in [-0.3, -0.25) is 0 Å². The zero-order valence-electron chi connectivity index (χ0n) is 21.7. The molecule has 0 spiro atoms. The lowest BCUT2D eigenvalue weighted by Gasteiger charge is -2.24. The Balaban J connectivity index is 2.06. The van der Waals surface area contributed by atoms with Crippen LogP contribution in [0.3, 0.4) is 0 Å². The van der Waals surface area contributed by atoms with Crippen molar-refractivity contribution in [1.29, 1.82) is 5.26 Å². The number of nitriles is 1. The predicted octanol–water partition coefficient (Wildman–Crippen LogP) is 8.55. The lowest BCUT2D eigenvalue weighted by Crippen LogP contribution is -2.24. The van der Waals surface area contributed by atoms with Gasteiger partial charge < -0.3 is 9.47 Å². The van der Waals surface area contributed by atoms with Crippen LogP contribution in [0.15, 0.2) is 77.2 Å². The molecule has 0 saturated heterocycles. The van der Waals surface area contributed by atoms with E-state index < -0.39 is 0 Å². The first-order valence-corrected chi connectivity index (χ1v) is 13.0. The van der Waals surface area contributed by atoms with E-state index in [1.807, 2.05) is 25.2 Å². The monoisotopic (exact) mass is 483 g/mol. The maximum atomic E-state index is 9.86. The molecule has 3 rings (SSSR count). The molecule has 0 N–H and O–H groups in total. The summed E-state index contributed by atoms with van der Waals surface area (Å²) in [7, 11) is 2.06. The summed E-state index contributed by atoms with van der Waals surface area (Å²) in [6.07, 6.45) is 9.02. The van der Waals surface area contributed by atoms with Crippen LogP contribution in [0.2, 0.25) is 0 Å². The van der Waals surface area contributed by atoms with Gasteiger partial charge in [0, 0.05) is 42.0 Å². The van der Waals surface area contributed by atoms with E-state index in [1.165, 1.54) is 16.5 Å². The van der Waals surface area contributed by atoms with Gasteiger partial charge in [-0.1, -0.05) is 51.1 Å². The Kier molecular flexibility index (Phi) is 9.46. The Morgan fingerprint density at radius 3 is 2.31 bits per heavy atom. The van der Waals surface area contributed by atoms with Crippen molar-refractivity contribution in [3.8, 4) is 17.3 Å².